The third-order valence-corrected chi connectivity index (χ3v) is 4.36. The highest BCUT2D eigenvalue weighted by Crippen LogP contribution is 2.35. The van der Waals surface area contributed by atoms with Crippen LogP contribution >= 0.6 is 0 Å². The third kappa shape index (κ3) is 3.37. The first-order chi connectivity index (χ1) is 9.28. The van der Waals surface area contributed by atoms with E-state index in [-0.39, 0.29) is 11.9 Å². The van der Waals surface area contributed by atoms with E-state index in [9.17, 15) is 13.2 Å². The molecule has 5 nitrogen and oxygen atoms in total. The number of benzene rings is 1. The average molecular weight is 296 g/mol. The normalized spacial score (nSPS) is 23.1. The standard InChI is InChI=1S/C14H20N2O3S/c1-9-8-11-6-4-5-7-12(11)13(9)15-14(17)10(2)16-20(3,18)19/h4-7,9-10,13,16H,8H2,1-3H3,(H,15,17). The van der Waals surface area contributed by atoms with E-state index >= 15 is 0 Å². The zero-order chi connectivity index (χ0) is 14.9. The topological polar surface area (TPSA) is 75.3 Å². The van der Waals surface area contributed by atoms with E-state index in [0.29, 0.717) is 5.92 Å². The molecule has 0 saturated carbocycles. The zero-order valence-electron chi connectivity index (χ0n) is 11.9. The van der Waals surface area contributed by atoms with E-state index in [1.54, 1.807) is 6.92 Å². The summed E-state index contributed by atoms with van der Waals surface area (Å²) in [7, 11) is -3.39. The summed E-state index contributed by atoms with van der Waals surface area (Å²) >= 11 is 0. The lowest BCUT2D eigenvalue weighted by Gasteiger charge is -2.21. The molecule has 1 aromatic carbocycles. The predicted molar refractivity (Wildman–Crippen MR) is 77.6 cm³/mol. The fraction of sp³-hybridized carbons (Fsp3) is 0.500. The van der Waals surface area contributed by atoms with Crippen LogP contribution < -0.4 is 10.0 Å². The van der Waals surface area contributed by atoms with Crippen molar-refractivity contribution in [2.45, 2.75) is 32.4 Å². The Bertz CT molecular complexity index is 613. The summed E-state index contributed by atoms with van der Waals surface area (Å²) in [6, 6.07) is 7.19. The van der Waals surface area contributed by atoms with E-state index in [1.807, 2.05) is 18.2 Å². The van der Waals surface area contributed by atoms with E-state index in [0.717, 1.165) is 18.2 Å². The van der Waals surface area contributed by atoms with Crippen molar-refractivity contribution in [2.24, 2.45) is 5.92 Å². The number of amides is 1. The Morgan fingerprint density at radius 2 is 2.00 bits per heavy atom. The maximum Gasteiger partial charge on any atom is 0.238 e. The molecule has 110 valence electrons. The molecule has 0 bridgehead atoms. The number of hydrogen-bond acceptors (Lipinski definition) is 3. The highest BCUT2D eigenvalue weighted by atomic mass is 32.2. The van der Waals surface area contributed by atoms with E-state index in [1.165, 1.54) is 5.56 Å². The van der Waals surface area contributed by atoms with Crippen molar-refractivity contribution in [1.82, 2.24) is 10.0 Å². The Morgan fingerprint density at radius 1 is 1.35 bits per heavy atom. The molecule has 1 amide bonds. The number of fused-ring (bicyclic) bond motifs is 1. The molecule has 3 unspecified atom stereocenters. The van der Waals surface area contributed by atoms with E-state index in [2.05, 4.69) is 23.0 Å². The van der Waals surface area contributed by atoms with Crippen LogP contribution in [0, 0.1) is 5.92 Å². The molecular weight excluding hydrogens is 276 g/mol. The van der Waals surface area contributed by atoms with Crippen molar-refractivity contribution >= 4 is 15.9 Å². The summed E-state index contributed by atoms with van der Waals surface area (Å²) in [6.45, 7) is 3.63. The molecule has 0 radical (unpaired) electrons. The van der Waals surface area contributed by atoms with Crippen LogP contribution in [0.3, 0.4) is 0 Å². The monoisotopic (exact) mass is 296 g/mol. The number of rotatable bonds is 4. The highest BCUT2D eigenvalue weighted by molar-refractivity contribution is 7.88. The SMILES string of the molecule is CC(NS(C)(=O)=O)C(=O)NC1c2ccccc2CC1C. The zero-order valence-corrected chi connectivity index (χ0v) is 12.7. The van der Waals surface area contributed by atoms with Crippen molar-refractivity contribution in [3.63, 3.8) is 0 Å². The molecule has 2 N–H and O–H groups in total. The molecule has 0 heterocycles. The Balaban J connectivity index is 2.09. The maximum atomic E-state index is 12.1. The van der Waals surface area contributed by atoms with Crippen molar-refractivity contribution < 1.29 is 13.2 Å². The lowest BCUT2D eigenvalue weighted by atomic mass is 10.0. The maximum absolute atomic E-state index is 12.1. The summed E-state index contributed by atoms with van der Waals surface area (Å²) in [5.41, 5.74) is 2.37. The van der Waals surface area contributed by atoms with Gasteiger partial charge in [0, 0.05) is 0 Å². The van der Waals surface area contributed by atoms with Gasteiger partial charge >= 0.3 is 0 Å². The van der Waals surface area contributed by atoms with Gasteiger partial charge in [0.2, 0.25) is 15.9 Å². The van der Waals surface area contributed by atoms with Crippen LogP contribution in [-0.2, 0) is 21.2 Å². The molecule has 1 aliphatic rings. The average Bonchev–Trinajstić information content (AvgIpc) is 2.64. The number of carbonyl (C=O) groups is 1. The third-order valence-electron chi connectivity index (χ3n) is 3.58. The smallest absolute Gasteiger partial charge is 0.238 e. The molecule has 0 aliphatic heterocycles. The first-order valence-electron chi connectivity index (χ1n) is 6.63. The van der Waals surface area contributed by atoms with Gasteiger partial charge in [0.1, 0.15) is 0 Å². The van der Waals surface area contributed by atoms with E-state index < -0.39 is 16.1 Å². The van der Waals surface area contributed by atoms with E-state index in [4.69, 9.17) is 0 Å². The van der Waals surface area contributed by atoms with Crippen LogP contribution in [0.2, 0.25) is 0 Å². The number of sulfonamides is 1. The summed E-state index contributed by atoms with van der Waals surface area (Å²) in [5.74, 6) is 0.00533. The minimum absolute atomic E-state index is 0.0532. The second kappa shape index (κ2) is 5.54. The van der Waals surface area contributed by atoms with Crippen LogP contribution in [-0.4, -0.2) is 26.6 Å². The first-order valence-corrected chi connectivity index (χ1v) is 8.52. The summed E-state index contributed by atoms with van der Waals surface area (Å²) in [4.78, 5) is 12.1. The molecule has 6 heteroatoms. The van der Waals surface area contributed by atoms with Gasteiger partial charge in [0.25, 0.3) is 0 Å². The second-order valence-corrected chi connectivity index (χ2v) is 7.26. The second-order valence-electron chi connectivity index (χ2n) is 5.48. The van der Waals surface area contributed by atoms with Gasteiger partial charge in [-0.3, -0.25) is 4.79 Å². The molecule has 0 fully saturated rings. The number of carbonyl (C=O) groups excluding carboxylic acids is 1. The number of nitrogens with one attached hydrogen (secondary N) is 2. The van der Waals surface area contributed by atoms with Gasteiger partial charge in [-0.05, 0) is 30.4 Å². The van der Waals surface area contributed by atoms with Crippen molar-refractivity contribution in [1.29, 1.82) is 0 Å². The molecule has 0 saturated heterocycles. The summed E-state index contributed by atoms with van der Waals surface area (Å²) < 4.78 is 24.6. The molecule has 1 aliphatic carbocycles. The minimum atomic E-state index is -3.39. The van der Waals surface area contributed by atoms with Gasteiger partial charge in [-0.2, -0.15) is 0 Å². The van der Waals surface area contributed by atoms with Crippen LogP contribution in [0.15, 0.2) is 24.3 Å². The molecule has 20 heavy (non-hydrogen) atoms. The van der Waals surface area contributed by atoms with Gasteiger partial charge in [-0.1, -0.05) is 31.2 Å². The van der Waals surface area contributed by atoms with Crippen molar-refractivity contribution in [2.75, 3.05) is 6.26 Å². The molecule has 1 aromatic rings. The van der Waals surface area contributed by atoms with Gasteiger partial charge in [-0.15, -0.1) is 0 Å². The molecule has 0 spiro atoms. The fourth-order valence-electron chi connectivity index (χ4n) is 2.67. The Hall–Kier alpha value is -1.40. The van der Waals surface area contributed by atoms with Crippen LogP contribution in [0.1, 0.15) is 31.0 Å². The lowest BCUT2D eigenvalue weighted by molar-refractivity contribution is -0.123. The van der Waals surface area contributed by atoms with Gasteiger partial charge in [-0.25, -0.2) is 13.1 Å². The molecule has 3 atom stereocenters. The van der Waals surface area contributed by atoms with Gasteiger partial charge in [0.15, 0.2) is 0 Å². The number of hydrogen-bond donors (Lipinski definition) is 2. The van der Waals surface area contributed by atoms with Crippen LogP contribution in [0.5, 0.6) is 0 Å². The van der Waals surface area contributed by atoms with Crippen LogP contribution in [0.4, 0.5) is 0 Å². The Morgan fingerprint density at radius 3 is 2.65 bits per heavy atom. The predicted octanol–water partition coefficient (Wildman–Crippen LogP) is 0.974. The lowest BCUT2D eigenvalue weighted by Crippen LogP contribution is -2.46. The van der Waals surface area contributed by atoms with Gasteiger partial charge < -0.3 is 5.32 Å². The largest absolute Gasteiger partial charge is 0.348 e. The summed E-state index contributed by atoms with van der Waals surface area (Å²) in [6.07, 6.45) is 1.97. The highest BCUT2D eigenvalue weighted by Gasteiger charge is 2.31. The fourth-order valence-corrected chi connectivity index (χ4v) is 3.42. The van der Waals surface area contributed by atoms with Gasteiger partial charge in [0.05, 0.1) is 18.3 Å². The van der Waals surface area contributed by atoms with Crippen molar-refractivity contribution in [3.8, 4) is 0 Å². The molecule has 2 rings (SSSR count). The Kier molecular flexibility index (Phi) is 4.15. The quantitative estimate of drug-likeness (QED) is 0.869. The first kappa shape index (κ1) is 15.0. The molecule has 0 aromatic heterocycles. The van der Waals surface area contributed by atoms with Crippen LogP contribution in [0.25, 0.3) is 0 Å². The Labute approximate surface area is 119 Å². The summed E-state index contributed by atoms with van der Waals surface area (Å²) in [5, 5.41) is 2.94. The van der Waals surface area contributed by atoms with Crippen molar-refractivity contribution in [3.05, 3.63) is 35.4 Å². The molecular formula is C14H20N2O3S. The minimum Gasteiger partial charge on any atom is -0.348 e.